The predicted octanol–water partition coefficient (Wildman–Crippen LogP) is 2.72. The predicted molar refractivity (Wildman–Crippen MR) is 133 cm³/mol. The van der Waals surface area contributed by atoms with Gasteiger partial charge in [0.2, 0.25) is 0 Å². The highest BCUT2D eigenvalue weighted by Gasteiger charge is 2.16. The first-order valence-electron chi connectivity index (χ1n) is 9.94. The van der Waals surface area contributed by atoms with Gasteiger partial charge in [0.25, 0.3) is 0 Å². The van der Waals surface area contributed by atoms with Crippen molar-refractivity contribution in [3.8, 4) is 0 Å². The molecule has 1 aromatic carbocycles. The second-order valence-corrected chi connectivity index (χ2v) is 7.08. The molecule has 0 aliphatic rings. The van der Waals surface area contributed by atoms with Gasteiger partial charge < -0.3 is 20.4 Å². The monoisotopic (exact) mass is 513 g/mol. The van der Waals surface area contributed by atoms with E-state index in [0.29, 0.717) is 0 Å². The Balaban J connectivity index is 0.00000420. The van der Waals surface area contributed by atoms with Gasteiger partial charge in [0.05, 0.1) is 12.2 Å². The van der Waals surface area contributed by atoms with Crippen molar-refractivity contribution in [2.45, 2.75) is 19.4 Å². The van der Waals surface area contributed by atoms with E-state index in [1.807, 2.05) is 25.0 Å². The van der Waals surface area contributed by atoms with Crippen LogP contribution in [-0.2, 0) is 7.05 Å². The maximum Gasteiger partial charge on any atom is 0.191 e. The molecule has 29 heavy (non-hydrogen) atoms. The number of benzene rings is 1. The van der Waals surface area contributed by atoms with Crippen LogP contribution in [0.4, 0.5) is 5.69 Å². The maximum atomic E-state index is 4.35. The van der Waals surface area contributed by atoms with Crippen LogP contribution in [0.5, 0.6) is 0 Å². The zero-order valence-electron chi connectivity index (χ0n) is 18.3. The number of nitrogens with zero attached hydrogens (tertiary/aromatic N) is 5. The van der Waals surface area contributed by atoms with E-state index in [0.717, 1.165) is 38.6 Å². The molecular weight excluding hydrogens is 477 g/mol. The van der Waals surface area contributed by atoms with Crippen LogP contribution in [0.1, 0.15) is 24.9 Å². The van der Waals surface area contributed by atoms with Gasteiger partial charge in [0, 0.05) is 57.7 Å². The van der Waals surface area contributed by atoms with Crippen LogP contribution in [0.15, 0.2) is 47.7 Å². The lowest BCUT2D eigenvalue weighted by atomic mass is 10.1. The molecule has 2 N–H and O–H groups in total. The molecule has 0 fully saturated rings. The Bertz CT molecular complexity index is 715. The summed E-state index contributed by atoms with van der Waals surface area (Å²) in [7, 11) is 7.92. The number of halogens is 1. The Morgan fingerprint density at radius 3 is 2.48 bits per heavy atom. The molecule has 2 aromatic rings. The molecule has 8 heteroatoms. The molecule has 2 rings (SSSR count). The summed E-state index contributed by atoms with van der Waals surface area (Å²) in [4.78, 5) is 8.94. The molecule has 1 atom stereocenters. The maximum absolute atomic E-state index is 4.35. The van der Waals surface area contributed by atoms with Crippen LogP contribution in [0.25, 0.3) is 0 Å². The first kappa shape index (κ1) is 25.2. The van der Waals surface area contributed by atoms with E-state index in [9.17, 15) is 0 Å². The molecule has 0 saturated heterocycles. The summed E-state index contributed by atoms with van der Waals surface area (Å²) in [5, 5.41) is 11.2. The lowest BCUT2D eigenvalue weighted by Gasteiger charge is -2.25. The smallest absolute Gasteiger partial charge is 0.191 e. The number of aliphatic imine (C=N–C) groups is 1. The first-order valence-corrected chi connectivity index (χ1v) is 9.94. The highest BCUT2D eigenvalue weighted by atomic mass is 127. The van der Waals surface area contributed by atoms with Crippen molar-refractivity contribution in [1.29, 1.82) is 0 Å². The zero-order valence-corrected chi connectivity index (χ0v) is 20.6. The van der Waals surface area contributed by atoms with E-state index in [4.69, 9.17) is 0 Å². The Labute approximate surface area is 192 Å². The minimum Gasteiger partial charge on any atom is -0.372 e. The van der Waals surface area contributed by atoms with Gasteiger partial charge in [-0.2, -0.15) is 5.10 Å². The number of anilines is 1. The van der Waals surface area contributed by atoms with Crippen LogP contribution in [0.3, 0.4) is 0 Å². The number of likely N-dealkylation sites (N-methyl/N-ethyl adjacent to an activating group) is 1. The summed E-state index contributed by atoms with van der Waals surface area (Å²) < 4.78 is 1.84. The van der Waals surface area contributed by atoms with Crippen LogP contribution in [0, 0.1) is 0 Å². The molecule has 0 aliphatic carbocycles. The summed E-state index contributed by atoms with van der Waals surface area (Å²) in [6.45, 7) is 5.86. The Morgan fingerprint density at radius 1 is 1.21 bits per heavy atom. The van der Waals surface area contributed by atoms with Crippen molar-refractivity contribution in [2.75, 3.05) is 52.2 Å². The van der Waals surface area contributed by atoms with Crippen molar-refractivity contribution in [2.24, 2.45) is 12.0 Å². The van der Waals surface area contributed by atoms with Crippen molar-refractivity contribution < 1.29 is 0 Å². The van der Waals surface area contributed by atoms with E-state index < -0.39 is 0 Å². The van der Waals surface area contributed by atoms with Crippen LogP contribution >= 0.6 is 24.0 Å². The fourth-order valence-electron chi connectivity index (χ4n) is 3.21. The average Bonchev–Trinajstić information content (AvgIpc) is 3.12. The van der Waals surface area contributed by atoms with Gasteiger partial charge in [-0.3, -0.25) is 9.67 Å². The van der Waals surface area contributed by atoms with E-state index in [1.54, 1.807) is 0 Å². The largest absolute Gasteiger partial charge is 0.372 e. The van der Waals surface area contributed by atoms with Crippen molar-refractivity contribution in [3.05, 3.63) is 48.3 Å². The number of hydrogen-bond acceptors (Lipinski definition) is 4. The van der Waals surface area contributed by atoms with Gasteiger partial charge in [-0.15, -0.1) is 24.0 Å². The number of guanidine groups is 1. The van der Waals surface area contributed by atoms with Gasteiger partial charge in [0.1, 0.15) is 0 Å². The second kappa shape index (κ2) is 13.4. The van der Waals surface area contributed by atoms with Crippen LogP contribution in [0.2, 0.25) is 0 Å². The average molecular weight is 513 g/mol. The van der Waals surface area contributed by atoms with Crippen molar-refractivity contribution in [3.63, 3.8) is 0 Å². The molecule has 1 aromatic heterocycles. The first-order chi connectivity index (χ1) is 13.5. The van der Waals surface area contributed by atoms with Gasteiger partial charge in [-0.25, -0.2) is 0 Å². The standard InChI is InChI=1S/C21H35N7.HI/c1-6-28(19-11-8-7-9-12-19)14-10-13-23-21(22-2)24-16-20(26(3)4)18-15-25-27(5)17-18;/h7-9,11-12,15,17,20H,6,10,13-14,16H2,1-5H3,(H2,22,23,24);1H. The topological polar surface area (TPSA) is 60.7 Å². The molecular formula is C21H36IN7. The number of para-hydroxylation sites is 1. The molecule has 7 nitrogen and oxygen atoms in total. The highest BCUT2D eigenvalue weighted by molar-refractivity contribution is 14.0. The molecule has 162 valence electrons. The van der Waals surface area contributed by atoms with E-state index in [1.165, 1.54) is 11.3 Å². The van der Waals surface area contributed by atoms with Gasteiger partial charge in [-0.1, -0.05) is 18.2 Å². The second-order valence-electron chi connectivity index (χ2n) is 7.08. The summed E-state index contributed by atoms with van der Waals surface area (Å²) in [5.41, 5.74) is 2.47. The van der Waals surface area contributed by atoms with E-state index >= 15 is 0 Å². The third-order valence-electron chi connectivity index (χ3n) is 4.82. The Kier molecular flexibility index (Phi) is 11.7. The summed E-state index contributed by atoms with van der Waals surface area (Å²) in [6.07, 6.45) is 5.03. The van der Waals surface area contributed by atoms with Crippen molar-refractivity contribution >= 4 is 35.6 Å². The third kappa shape index (κ3) is 8.22. The molecule has 0 spiro atoms. The quantitative estimate of drug-likeness (QED) is 0.222. The Morgan fingerprint density at radius 2 is 1.93 bits per heavy atom. The molecule has 0 saturated carbocycles. The zero-order chi connectivity index (χ0) is 20.4. The summed E-state index contributed by atoms with van der Waals surface area (Å²) in [5.74, 6) is 0.832. The normalized spacial score (nSPS) is 12.4. The van der Waals surface area contributed by atoms with E-state index in [-0.39, 0.29) is 30.0 Å². The van der Waals surface area contributed by atoms with Crippen LogP contribution in [-0.4, -0.2) is 68.0 Å². The molecule has 0 bridgehead atoms. The number of hydrogen-bond donors (Lipinski definition) is 2. The minimum atomic E-state index is 0. The summed E-state index contributed by atoms with van der Waals surface area (Å²) >= 11 is 0. The lowest BCUT2D eigenvalue weighted by Crippen LogP contribution is -2.42. The van der Waals surface area contributed by atoms with Gasteiger partial charge >= 0.3 is 0 Å². The minimum absolute atomic E-state index is 0. The summed E-state index contributed by atoms with van der Waals surface area (Å²) in [6, 6.07) is 10.8. The SMILES string of the molecule is CCN(CCCNC(=NC)NCC(c1cnn(C)c1)N(C)C)c1ccccc1.I. The van der Waals surface area contributed by atoms with E-state index in [2.05, 4.69) is 88.1 Å². The highest BCUT2D eigenvalue weighted by Crippen LogP contribution is 2.16. The number of aromatic nitrogens is 2. The fourth-order valence-corrected chi connectivity index (χ4v) is 3.21. The van der Waals surface area contributed by atoms with Crippen LogP contribution < -0.4 is 15.5 Å². The molecule has 0 radical (unpaired) electrons. The fraction of sp³-hybridized carbons (Fsp3) is 0.524. The molecule has 1 heterocycles. The number of aryl methyl sites for hydroxylation is 1. The van der Waals surface area contributed by atoms with Crippen molar-refractivity contribution in [1.82, 2.24) is 25.3 Å². The third-order valence-corrected chi connectivity index (χ3v) is 4.82. The Hall–Kier alpha value is -1.81. The number of rotatable bonds is 10. The lowest BCUT2D eigenvalue weighted by molar-refractivity contribution is 0.298. The van der Waals surface area contributed by atoms with Gasteiger partial charge in [0.15, 0.2) is 5.96 Å². The molecule has 0 aliphatic heterocycles. The van der Waals surface area contributed by atoms with Gasteiger partial charge in [-0.05, 0) is 39.6 Å². The molecule has 1 unspecified atom stereocenters. The molecule has 0 amide bonds. The number of nitrogens with one attached hydrogen (secondary N) is 2.